The van der Waals surface area contributed by atoms with Gasteiger partial charge < -0.3 is 15.1 Å². The zero-order valence-corrected chi connectivity index (χ0v) is 22.6. The van der Waals surface area contributed by atoms with Crippen LogP contribution in [0.25, 0.3) is 10.9 Å². The molecule has 1 unspecified atom stereocenters. The second-order valence-corrected chi connectivity index (χ2v) is 10.5. The molecule has 36 heavy (non-hydrogen) atoms. The molecule has 2 aromatic carbocycles. The van der Waals surface area contributed by atoms with E-state index in [9.17, 15) is 0 Å². The number of pyridine rings is 1. The molecule has 0 saturated carbocycles. The number of nitrogens with zero attached hydrogens (tertiary/aromatic N) is 5. The lowest BCUT2D eigenvalue weighted by Gasteiger charge is -2.42. The first-order chi connectivity index (χ1) is 17.2. The van der Waals surface area contributed by atoms with Gasteiger partial charge in [0.25, 0.3) is 0 Å². The van der Waals surface area contributed by atoms with Crippen molar-refractivity contribution in [2.24, 2.45) is 0 Å². The summed E-state index contributed by atoms with van der Waals surface area (Å²) in [5, 5.41) is 5.28. The van der Waals surface area contributed by atoms with E-state index in [1.807, 2.05) is 19.1 Å². The molecule has 0 bridgehead atoms. The van der Waals surface area contributed by atoms with Gasteiger partial charge in [0.2, 0.25) is 5.95 Å². The van der Waals surface area contributed by atoms with E-state index in [1.165, 1.54) is 16.8 Å². The maximum atomic E-state index is 6.25. The highest BCUT2D eigenvalue weighted by atomic mass is 35.5. The third-order valence-corrected chi connectivity index (χ3v) is 7.19. The SMILES string of the molecule is Cc1cc(C)cc(Nc2nc(C)c(C)c(N3CCN(c4cc(C)nc5cc(Cl)ccc45)C(C)C3)n2)c1. The molecule has 0 spiro atoms. The van der Waals surface area contributed by atoms with Gasteiger partial charge in [-0.15, -0.1) is 0 Å². The fourth-order valence-electron chi connectivity index (χ4n) is 5.21. The third kappa shape index (κ3) is 4.82. The van der Waals surface area contributed by atoms with Crippen molar-refractivity contribution < 1.29 is 0 Å². The Labute approximate surface area is 218 Å². The summed E-state index contributed by atoms with van der Waals surface area (Å²) in [6.07, 6.45) is 0. The normalized spacial score (nSPS) is 16.0. The van der Waals surface area contributed by atoms with E-state index >= 15 is 0 Å². The van der Waals surface area contributed by atoms with Crippen molar-refractivity contribution in [1.82, 2.24) is 15.0 Å². The minimum absolute atomic E-state index is 0.296. The van der Waals surface area contributed by atoms with Crippen LogP contribution in [-0.2, 0) is 0 Å². The first kappa shape index (κ1) is 24.3. The molecule has 4 aromatic rings. The highest BCUT2D eigenvalue weighted by molar-refractivity contribution is 6.31. The summed E-state index contributed by atoms with van der Waals surface area (Å²) in [6, 6.07) is 14.9. The zero-order chi connectivity index (χ0) is 25.6. The van der Waals surface area contributed by atoms with Gasteiger partial charge in [0.15, 0.2) is 0 Å². The number of rotatable bonds is 4. The Kier molecular flexibility index (Phi) is 6.47. The molecule has 186 valence electrons. The highest BCUT2D eigenvalue weighted by Gasteiger charge is 2.28. The average molecular weight is 501 g/mol. The van der Waals surface area contributed by atoms with Gasteiger partial charge in [-0.1, -0.05) is 17.7 Å². The van der Waals surface area contributed by atoms with Crippen LogP contribution in [0.2, 0.25) is 5.02 Å². The lowest BCUT2D eigenvalue weighted by Crippen LogP contribution is -2.52. The van der Waals surface area contributed by atoms with Crippen LogP contribution in [0.5, 0.6) is 0 Å². The number of hydrogen-bond acceptors (Lipinski definition) is 6. The van der Waals surface area contributed by atoms with Crippen LogP contribution in [0.1, 0.15) is 35.0 Å². The molecule has 7 heteroatoms. The fraction of sp³-hybridized carbons (Fsp3) is 0.345. The maximum Gasteiger partial charge on any atom is 0.229 e. The Bertz CT molecular complexity index is 1420. The molecular weight excluding hydrogens is 468 g/mol. The van der Waals surface area contributed by atoms with Crippen LogP contribution in [0.3, 0.4) is 0 Å². The Morgan fingerprint density at radius 3 is 2.36 bits per heavy atom. The number of piperazine rings is 1. The van der Waals surface area contributed by atoms with Gasteiger partial charge in [-0.05, 0) is 89.1 Å². The minimum Gasteiger partial charge on any atom is -0.365 e. The molecule has 1 aliphatic rings. The molecule has 0 aliphatic carbocycles. The monoisotopic (exact) mass is 500 g/mol. The summed E-state index contributed by atoms with van der Waals surface area (Å²) < 4.78 is 0. The number of nitrogens with one attached hydrogen (secondary N) is 1. The van der Waals surface area contributed by atoms with Gasteiger partial charge in [-0.2, -0.15) is 4.98 Å². The van der Waals surface area contributed by atoms with E-state index in [0.717, 1.165) is 59.0 Å². The lowest BCUT2D eigenvalue weighted by molar-refractivity contribution is 0.547. The van der Waals surface area contributed by atoms with E-state index in [2.05, 4.69) is 80.1 Å². The molecule has 1 atom stereocenters. The molecule has 2 aromatic heterocycles. The van der Waals surface area contributed by atoms with Gasteiger partial charge >= 0.3 is 0 Å². The van der Waals surface area contributed by atoms with E-state index in [0.29, 0.717) is 17.0 Å². The van der Waals surface area contributed by atoms with Crippen LogP contribution >= 0.6 is 11.6 Å². The molecule has 0 radical (unpaired) electrons. The fourth-order valence-corrected chi connectivity index (χ4v) is 5.38. The van der Waals surface area contributed by atoms with Crippen LogP contribution in [0.4, 0.5) is 23.1 Å². The second-order valence-electron chi connectivity index (χ2n) is 10.0. The quantitative estimate of drug-likeness (QED) is 0.337. The molecule has 1 N–H and O–H groups in total. The molecule has 1 fully saturated rings. The highest BCUT2D eigenvalue weighted by Crippen LogP contribution is 2.33. The Hall–Kier alpha value is -3.38. The average Bonchev–Trinajstić information content (AvgIpc) is 2.80. The minimum atomic E-state index is 0.296. The van der Waals surface area contributed by atoms with Crippen LogP contribution in [0.15, 0.2) is 42.5 Å². The first-order valence-corrected chi connectivity index (χ1v) is 12.8. The predicted molar refractivity (Wildman–Crippen MR) is 151 cm³/mol. The number of aryl methyl sites for hydroxylation is 4. The number of aromatic nitrogens is 3. The van der Waals surface area contributed by atoms with Gasteiger partial charge in [0, 0.05) is 64.4 Å². The topological polar surface area (TPSA) is 57.2 Å². The molecule has 5 rings (SSSR count). The number of benzene rings is 2. The standard InChI is InChI=1S/C29H33ClN6/c1-17-11-18(2)13-24(12-17)33-29-32-22(6)21(5)28(34-29)35-9-10-36(20(4)16-35)27-14-19(3)31-26-15-23(30)7-8-25(26)27/h7-8,11-15,20H,9-10,16H2,1-6H3,(H,32,33,34). The number of halogens is 1. The summed E-state index contributed by atoms with van der Waals surface area (Å²) >= 11 is 6.25. The molecule has 1 aliphatic heterocycles. The van der Waals surface area contributed by atoms with Gasteiger partial charge in [0.1, 0.15) is 5.82 Å². The molecular formula is C29H33ClN6. The van der Waals surface area contributed by atoms with Crippen molar-refractivity contribution in [1.29, 1.82) is 0 Å². The summed E-state index contributed by atoms with van der Waals surface area (Å²) in [5.41, 5.74) is 8.72. The van der Waals surface area contributed by atoms with E-state index in [1.54, 1.807) is 0 Å². The summed E-state index contributed by atoms with van der Waals surface area (Å²) in [6.45, 7) is 15.4. The van der Waals surface area contributed by atoms with Crippen LogP contribution in [-0.4, -0.2) is 40.6 Å². The largest absolute Gasteiger partial charge is 0.365 e. The van der Waals surface area contributed by atoms with Crippen LogP contribution < -0.4 is 15.1 Å². The third-order valence-electron chi connectivity index (χ3n) is 6.96. The Balaban J connectivity index is 1.42. The van der Waals surface area contributed by atoms with Crippen molar-refractivity contribution in [2.75, 3.05) is 34.8 Å². The number of anilines is 4. The van der Waals surface area contributed by atoms with Gasteiger partial charge in [-0.25, -0.2) is 4.98 Å². The Morgan fingerprint density at radius 2 is 1.64 bits per heavy atom. The molecule has 0 amide bonds. The smallest absolute Gasteiger partial charge is 0.229 e. The lowest BCUT2D eigenvalue weighted by atomic mass is 10.1. The summed E-state index contributed by atoms with van der Waals surface area (Å²) in [7, 11) is 0. The Morgan fingerprint density at radius 1 is 0.889 bits per heavy atom. The molecule has 1 saturated heterocycles. The van der Waals surface area contributed by atoms with Crippen molar-refractivity contribution in [3.05, 3.63) is 75.6 Å². The predicted octanol–water partition coefficient (Wildman–Crippen LogP) is 6.68. The first-order valence-electron chi connectivity index (χ1n) is 12.5. The number of hydrogen-bond donors (Lipinski definition) is 1. The van der Waals surface area contributed by atoms with Crippen molar-refractivity contribution in [2.45, 2.75) is 47.6 Å². The van der Waals surface area contributed by atoms with E-state index in [-0.39, 0.29) is 0 Å². The van der Waals surface area contributed by atoms with Crippen molar-refractivity contribution >= 4 is 45.6 Å². The van der Waals surface area contributed by atoms with Crippen molar-refractivity contribution in [3.8, 4) is 0 Å². The summed E-state index contributed by atoms with van der Waals surface area (Å²) in [5.74, 6) is 1.64. The van der Waals surface area contributed by atoms with E-state index < -0.39 is 0 Å². The summed E-state index contributed by atoms with van der Waals surface area (Å²) in [4.78, 5) is 19.3. The second kappa shape index (κ2) is 9.58. The van der Waals surface area contributed by atoms with E-state index in [4.69, 9.17) is 26.6 Å². The number of fused-ring (bicyclic) bond motifs is 1. The van der Waals surface area contributed by atoms with Gasteiger partial charge in [-0.3, -0.25) is 4.98 Å². The maximum absolute atomic E-state index is 6.25. The zero-order valence-electron chi connectivity index (χ0n) is 21.9. The van der Waals surface area contributed by atoms with Crippen molar-refractivity contribution in [3.63, 3.8) is 0 Å². The van der Waals surface area contributed by atoms with Crippen LogP contribution in [0, 0.1) is 34.6 Å². The molecule has 6 nitrogen and oxygen atoms in total. The van der Waals surface area contributed by atoms with Gasteiger partial charge in [0.05, 0.1) is 5.52 Å². The molecule has 3 heterocycles.